The van der Waals surface area contributed by atoms with E-state index in [4.69, 9.17) is 10.2 Å². The maximum Gasteiger partial charge on any atom is 0.117 e. The van der Waals surface area contributed by atoms with E-state index in [1.165, 1.54) is 11.1 Å². The number of rotatable bonds is 6. The largest absolute Gasteiger partial charge is 0.468 e. The first-order chi connectivity index (χ1) is 8.79. The lowest BCUT2D eigenvalue weighted by Gasteiger charge is -2.21. The zero-order valence-electron chi connectivity index (χ0n) is 10.8. The monoisotopic (exact) mass is 244 g/mol. The van der Waals surface area contributed by atoms with Crippen LogP contribution in [-0.2, 0) is 13.1 Å². The highest BCUT2D eigenvalue weighted by Crippen LogP contribution is 2.13. The molecule has 1 aromatic carbocycles. The molecule has 2 aromatic rings. The first-order valence-electron chi connectivity index (χ1n) is 6.29. The highest BCUT2D eigenvalue weighted by molar-refractivity contribution is 5.25. The maximum absolute atomic E-state index is 5.68. The molecule has 0 spiro atoms. The van der Waals surface area contributed by atoms with Crippen molar-refractivity contribution in [1.29, 1.82) is 0 Å². The summed E-state index contributed by atoms with van der Waals surface area (Å²) in [6, 6.07) is 12.4. The van der Waals surface area contributed by atoms with Crippen molar-refractivity contribution < 1.29 is 4.42 Å². The number of nitrogens with two attached hydrogens (primary N) is 1. The third-order valence-electron chi connectivity index (χ3n) is 3.06. The lowest BCUT2D eigenvalue weighted by Crippen LogP contribution is -2.28. The normalized spacial score (nSPS) is 11.1. The molecule has 2 rings (SSSR count). The SMILES string of the molecule is Cc1ccccc1CN(CCN)Cc1ccco1. The Kier molecular flexibility index (Phi) is 4.56. The third-order valence-corrected chi connectivity index (χ3v) is 3.06. The van der Waals surface area contributed by atoms with Crippen LogP contribution in [0.4, 0.5) is 0 Å². The molecule has 0 aliphatic rings. The zero-order valence-corrected chi connectivity index (χ0v) is 10.8. The Morgan fingerprint density at radius 2 is 1.94 bits per heavy atom. The summed E-state index contributed by atoms with van der Waals surface area (Å²) in [6.07, 6.45) is 1.71. The van der Waals surface area contributed by atoms with Crippen LogP contribution >= 0.6 is 0 Å². The molecule has 0 amide bonds. The van der Waals surface area contributed by atoms with E-state index >= 15 is 0 Å². The molecular formula is C15H20N2O. The van der Waals surface area contributed by atoms with E-state index in [9.17, 15) is 0 Å². The van der Waals surface area contributed by atoms with Crippen LogP contribution in [0.3, 0.4) is 0 Å². The fraction of sp³-hybridized carbons (Fsp3) is 0.333. The van der Waals surface area contributed by atoms with Gasteiger partial charge in [-0.25, -0.2) is 0 Å². The number of hydrogen-bond acceptors (Lipinski definition) is 3. The van der Waals surface area contributed by atoms with Crippen molar-refractivity contribution in [2.24, 2.45) is 5.73 Å². The minimum absolute atomic E-state index is 0.659. The summed E-state index contributed by atoms with van der Waals surface area (Å²) in [4.78, 5) is 2.31. The number of hydrogen-bond donors (Lipinski definition) is 1. The van der Waals surface area contributed by atoms with Crippen LogP contribution in [0, 0.1) is 6.92 Å². The minimum Gasteiger partial charge on any atom is -0.468 e. The molecule has 3 nitrogen and oxygen atoms in total. The number of benzene rings is 1. The van der Waals surface area contributed by atoms with Crippen molar-refractivity contribution in [3.05, 3.63) is 59.5 Å². The van der Waals surface area contributed by atoms with E-state index in [1.807, 2.05) is 12.1 Å². The van der Waals surface area contributed by atoms with Gasteiger partial charge in [0.15, 0.2) is 0 Å². The van der Waals surface area contributed by atoms with Gasteiger partial charge in [0.25, 0.3) is 0 Å². The predicted octanol–water partition coefficient (Wildman–Crippen LogP) is 2.55. The van der Waals surface area contributed by atoms with Gasteiger partial charge in [0.1, 0.15) is 5.76 Å². The van der Waals surface area contributed by atoms with Crippen LogP contribution in [0.1, 0.15) is 16.9 Å². The van der Waals surface area contributed by atoms with Gasteiger partial charge in [0, 0.05) is 19.6 Å². The van der Waals surface area contributed by atoms with Gasteiger partial charge in [0.05, 0.1) is 12.8 Å². The van der Waals surface area contributed by atoms with Crippen molar-refractivity contribution in [3.63, 3.8) is 0 Å². The smallest absolute Gasteiger partial charge is 0.117 e. The first-order valence-corrected chi connectivity index (χ1v) is 6.29. The van der Waals surface area contributed by atoms with Crippen LogP contribution in [-0.4, -0.2) is 18.0 Å². The van der Waals surface area contributed by atoms with Gasteiger partial charge in [0.2, 0.25) is 0 Å². The number of furan rings is 1. The van der Waals surface area contributed by atoms with E-state index in [0.29, 0.717) is 6.54 Å². The quantitative estimate of drug-likeness (QED) is 0.849. The van der Waals surface area contributed by atoms with Gasteiger partial charge in [-0.3, -0.25) is 4.90 Å². The molecule has 0 aliphatic carbocycles. The molecule has 1 heterocycles. The second-order valence-electron chi connectivity index (χ2n) is 4.51. The van der Waals surface area contributed by atoms with E-state index in [-0.39, 0.29) is 0 Å². The lowest BCUT2D eigenvalue weighted by molar-refractivity contribution is 0.241. The molecule has 0 bridgehead atoms. The van der Waals surface area contributed by atoms with Crippen molar-refractivity contribution in [2.75, 3.05) is 13.1 Å². The summed E-state index contributed by atoms with van der Waals surface area (Å²) in [5.74, 6) is 0.983. The molecule has 0 atom stereocenters. The van der Waals surface area contributed by atoms with Crippen LogP contribution in [0.25, 0.3) is 0 Å². The summed E-state index contributed by atoms with van der Waals surface area (Å²) in [5, 5.41) is 0. The standard InChI is InChI=1S/C15H20N2O/c1-13-5-2-3-6-14(13)11-17(9-8-16)12-15-7-4-10-18-15/h2-7,10H,8-9,11-12,16H2,1H3. The van der Waals surface area contributed by atoms with E-state index in [2.05, 4.69) is 36.1 Å². The summed E-state index contributed by atoms with van der Waals surface area (Å²) in [5.41, 5.74) is 8.34. The molecular weight excluding hydrogens is 224 g/mol. The maximum atomic E-state index is 5.68. The summed E-state index contributed by atoms with van der Waals surface area (Å²) in [7, 11) is 0. The van der Waals surface area contributed by atoms with Gasteiger partial charge >= 0.3 is 0 Å². The molecule has 0 radical (unpaired) electrons. The predicted molar refractivity (Wildman–Crippen MR) is 73.1 cm³/mol. The van der Waals surface area contributed by atoms with Crippen LogP contribution in [0.2, 0.25) is 0 Å². The van der Waals surface area contributed by atoms with Gasteiger partial charge in [-0.1, -0.05) is 24.3 Å². The molecule has 0 unspecified atom stereocenters. The third kappa shape index (κ3) is 3.45. The van der Waals surface area contributed by atoms with Crippen molar-refractivity contribution in [2.45, 2.75) is 20.0 Å². The lowest BCUT2D eigenvalue weighted by atomic mass is 10.1. The molecule has 3 heteroatoms. The number of nitrogens with zero attached hydrogens (tertiary/aromatic N) is 1. The van der Waals surface area contributed by atoms with Gasteiger partial charge in [-0.15, -0.1) is 0 Å². The van der Waals surface area contributed by atoms with E-state index in [0.717, 1.165) is 25.4 Å². The Morgan fingerprint density at radius 1 is 1.11 bits per heavy atom. The molecule has 18 heavy (non-hydrogen) atoms. The average molecular weight is 244 g/mol. The summed E-state index contributed by atoms with van der Waals surface area (Å²) in [6.45, 7) is 5.38. The van der Waals surface area contributed by atoms with Crippen LogP contribution in [0.15, 0.2) is 47.1 Å². The molecule has 0 fully saturated rings. The second-order valence-corrected chi connectivity index (χ2v) is 4.51. The van der Waals surface area contributed by atoms with Gasteiger partial charge in [-0.2, -0.15) is 0 Å². The average Bonchev–Trinajstić information content (AvgIpc) is 2.85. The van der Waals surface area contributed by atoms with E-state index < -0.39 is 0 Å². The Morgan fingerprint density at radius 3 is 2.61 bits per heavy atom. The van der Waals surface area contributed by atoms with Crippen LogP contribution in [0.5, 0.6) is 0 Å². The summed E-state index contributed by atoms with van der Waals surface area (Å²) < 4.78 is 5.40. The Bertz CT molecular complexity index is 465. The topological polar surface area (TPSA) is 42.4 Å². The van der Waals surface area contributed by atoms with Crippen molar-refractivity contribution >= 4 is 0 Å². The number of aryl methyl sites for hydroxylation is 1. The van der Waals surface area contributed by atoms with Crippen LogP contribution < -0.4 is 5.73 Å². The first kappa shape index (κ1) is 12.9. The zero-order chi connectivity index (χ0) is 12.8. The van der Waals surface area contributed by atoms with Crippen molar-refractivity contribution in [3.8, 4) is 0 Å². The highest BCUT2D eigenvalue weighted by Gasteiger charge is 2.09. The minimum atomic E-state index is 0.659. The molecule has 0 saturated heterocycles. The fourth-order valence-corrected chi connectivity index (χ4v) is 2.05. The highest BCUT2D eigenvalue weighted by atomic mass is 16.3. The molecule has 0 aliphatic heterocycles. The molecule has 96 valence electrons. The van der Waals surface area contributed by atoms with E-state index in [1.54, 1.807) is 6.26 Å². The van der Waals surface area contributed by atoms with Gasteiger partial charge < -0.3 is 10.2 Å². The Labute approximate surface area is 108 Å². The fourth-order valence-electron chi connectivity index (χ4n) is 2.05. The molecule has 2 N–H and O–H groups in total. The molecule has 0 saturated carbocycles. The van der Waals surface area contributed by atoms with Crippen molar-refractivity contribution in [1.82, 2.24) is 4.90 Å². The van der Waals surface area contributed by atoms with Gasteiger partial charge in [-0.05, 0) is 30.2 Å². The summed E-state index contributed by atoms with van der Waals surface area (Å²) >= 11 is 0. The second kappa shape index (κ2) is 6.38. The Hall–Kier alpha value is -1.58. The molecule has 1 aromatic heterocycles. The Balaban J connectivity index is 2.04.